The second kappa shape index (κ2) is 4.72. The van der Waals surface area contributed by atoms with Crippen molar-refractivity contribution in [2.24, 2.45) is 0 Å². The molecule has 1 spiro atoms. The Hall–Kier alpha value is -0.780. The first-order valence-corrected chi connectivity index (χ1v) is 7.29. The van der Waals surface area contributed by atoms with Gasteiger partial charge in [0.15, 0.2) is 0 Å². The Balaban J connectivity index is 1.68. The molecule has 4 nitrogen and oxygen atoms in total. The molecule has 2 fully saturated rings. The Morgan fingerprint density at radius 3 is 2.89 bits per heavy atom. The lowest BCUT2D eigenvalue weighted by Crippen LogP contribution is -2.44. The molecule has 0 unspecified atom stereocenters. The molecule has 1 aromatic heterocycles. The van der Waals surface area contributed by atoms with Crippen LogP contribution in [0.5, 0.6) is 0 Å². The zero-order valence-corrected chi connectivity index (χ0v) is 11.5. The Kier molecular flexibility index (Phi) is 3.21. The Morgan fingerprint density at radius 2 is 2.22 bits per heavy atom. The number of thiophene rings is 1. The van der Waals surface area contributed by atoms with E-state index in [-0.39, 0.29) is 11.7 Å². The van der Waals surface area contributed by atoms with E-state index < -0.39 is 0 Å². The zero-order valence-electron chi connectivity index (χ0n) is 9.95. The third kappa shape index (κ3) is 2.35. The molecule has 6 heteroatoms. The zero-order chi connectivity index (χ0) is 12.6. The number of hydrogen-bond donors (Lipinski definition) is 1. The molecule has 0 radical (unpaired) electrons. The highest BCUT2D eigenvalue weighted by molar-refractivity contribution is 7.16. The minimum Gasteiger partial charge on any atom is -0.441 e. The molecule has 2 aliphatic heterocycles. The first-order valence-electron chi connectivity index (χ1n) is 6.10. The molecule has 1 aromatic rings. The molecular weight excluding hydrogens is 272 g/mol. The number of piperidine rings is 1. The third-order valence-electron chi connectivity index (χ3n) is 3.53. The van der Waals surface area contributed by atoms with E-state index in [1.165, 1.54) is 11.3 Å². The van der Waals surface area contributed by atoms with Crippen LogP contribution in [0.25, 0.3) is 0 Å². The van der Waals surface area contributed by atoms with Crippen LogP contribution in [0.4, 0.5) is 4.79 Å². The molecule has 1 N–H and O–H groups in total. The molecular formula is C12H15ClN2O2S. The summed E-state index contributed by atoms with van der Waals surface area (Å²) in [7, 11) is 0. The summed E-state index contributed by atoms with van der Waals surface area (Å²) >= 11 is 7.42. The van der Waals surface area contributed by atoms with Crippen LogP contribution in [0.15, 0.2) is 12.1 Å². The molecule has 3 heterocycles. The van der Waals surface area contributed by atoms with E-state index in [1.807, 2.05) is 12.1 Å². The number of halogens is 1. The van der Waals surface area contributed by atoms with Gasteiger partial charge in [-0.05, 0) is 25.2 Å². The van der Waals surface area contributed by atoms with E-state index in [0.717, 1.165) is 35.1 Å². The van der Waals surface area contributed by atoms with Crippen LogP contribution in [0.2, 0.25) is 4.34 Å². The third-order valence-corrected chi connectivity index (χ3v) is 4.75. The second-order valence-electron chi connectivity index (χ2n) is 4.86. The summed E-state index contributed by atoms with van der Waals surface area (Å²) in [5.74, 6) is 0. The van der Waals surface area contributed by atoms with Crippen LogP contribution in [-0.2, 0) is 11.3 Å². The van der Waals surface area contributed by atoms with Crippen molar-refractivity contribution in [2.75, 3.05) is 19.6 Å². The van der Waals surface area contributed by atoms with Crippen molar-refractivity contribution in [1.82, 2.24) is 10.2 Å². The first-order chi connectivity index (χ1) is 8.67. The van der Waals surface area contributed by atoms with Gasteiger partial charge in [-0.15, -0.1) is 11.3 Å². The molecule has 0 aliphatic carbocycles. The predicted molar refractivity (Wildman–Crippen MR) is 71.1 cm³/mol. The molecule has 0 aromatic carbocycles. The summed E-state index contributed by atoms with van der Waals surface area (Å²) in [4.78, 5) is 14.8. The lowest BCUT2D eigenvalue weighted by atomic mass is 9.92. The fourth-order valence-electron chi connectivity index (χ4n) is 2.58. The standard InChI is InChI=1S/C12H15ClN2O2S/c13-10-2-1-9(18-10)7-15-8-12(17-11(15)16)3-5-14-6-4-12/h1-2,14H,3-8H2. The van der Waals surface area contributed by atoms with Crippen LogP contribution < -0.4 is 5.32 Å². The lowest BCUT2D eigenvalue weighted by molar-refractivity contribution is 0.0316. The van der Waals surface area contributed by atoms with E-state index >= 15 is 0 Å². The van der Waals surface area contributed by atoms with Crippen LogP contribution in [0, 0.1) is 0 Å². The summed E-state index contributed by atoms with van der Waals surface area (Å²) in [6, 6.07) is 3.83. The predicted octanol–water partition coefficient (Wildman–Crippen LogP) is 2.48. The summed E-state index contributed by atoms with van der Waals surface area (Å²) in [6.45, 7) is 3.15. The average Bonchev–Trinajstić information content (AvgIpc) is 2.86. The second-order valence-corrected chi connectivity index (χ2v) is 6.66. The first kappa shape index (κ1) is 12.3. The van der Waals surface area contributed by atoms with Crippen molar-refractivity contribution >= 4 is 29.0 Å². The van der Waals surface area contributed by atoms with Crippen molar-refractivity contribution in [1.29, 1.82) is 0 Å². The number of nitrogens with zero attached hydrogens (tertiary/aromatic N) is 1. The van der Waals surface area contributed by atoms with Gasteiger partial charge in [-0.2, -0.15) is 0 Å². The minimum atomic E-state index is -0.261. The van der Waals surface area contributed by atoms with Crippen molar-refractivity contribution in [2.45, 2.75) is 25.0 Å². The van der Waals surface area contributed by atoms with Gasteiger partial charge >= 0.3 is 6.09 Å². The number of hydrogen-bond acceptors (Lipinski definition) is 4. The van der Waals surface area contributed by atoms with E-state index in [4.69, 9.17) is 16.3 Å². The fourth-order valence-corrected chi connectivity index (χ4v) is 3.69. The van der Waals surface area contributed by atoms with Gasteiger partial charge in [-0.25, -0.2) is 4.79 Å². The Morgan fingerprint density at radius 1 is 1.44 bits per heavy atom. The van der Waals surface area contributed by atoms with Gasteiger partial charge in [0.05, 0.1) is 17.4 Å². The van der Waals surface area contributed by atoms with Crippen LogP contribution in [0.3, 0.4) is 0 Å². The number of ether oxygens (including phenoxy) is 1. The molecule has 2 aliphatic rings. The van der Waals surface area contributed by atoms with Crippen LogP contribution in [-0.4, -0.2) is 36.2 Å². The van der Waals surface area contributed by atoms with Crippen LogP contribution >= 0.6 is 22.9 Å². The molecule has 1 amide bonds. The maximum Gasteiger partial charge on any atom is 0.410 e. The number of rotatable bonds is 2. The van der Waals surface area contributed by atoms with Gasteiger partial charge in [0.1, 0.15) is 5.60 Å². The van der Waals surface area contributed by atoms with Gasteiger partial charge in [0.2, 0.25) is 0 Å². The highest BCUT2D eigenvalue weighted by atomic mass is 35.5. The minimum absolute atomic E-state index is 0.193. The van der Waals surface area contributed by atoms with E-state index in [0.29, 0.717) is 13.1 Å². The number of amides is 1. The van der Waals surface area contributed by atoms with E-state index in [1.54, 1.807) is 4.90 Å². The molecule has 2 saturated heterocycles. The summed E-state index contributed by atoms with van der Waals surface area (Å²) in [6.07, 6.45) is 1.61. The van der Waals surface area contributed by atoms with Gasteiger partial charge in [0.25, 0.3) is 0 Å². The maximum atomic E-state index is 11.9. The highest BCUT2D eigenvalue weighted by Crippen LogP contribution is 2.33. The van der Waals surface area contributed by atoms with E-state index in [2.05, 4.69) is 5.32 Å². The van der Waals surface area contributed by atoms with Crippen molar-refractivity contribution in [3.8, 4) is 0 Å². The summed E-state index contributed by atoms with van der Waals surface area (Å²) in [5, 5.41) is 3.29. The molecule has 98 valence electrons. The Bertz CT molecular complexity index is 457. The quantitative estimate of drug-likeness (QED) is 0.908. The number of carbonyl (C=O) groups excluding carboxylic acids is 1. The summed E-state index contributed by atoms with van der Waals surface area (Å²) in [5.41, 5.74) is -0.261. The van der Waals surface area contributed by atoms with Crippen molar-refractivity contribution in [3.63, 3.8) is 0 Å². The number of carbonyl (C=O) groups is 1. The smallest absolute Gasteiger partial charge is 0.410 e. The Labute approximate surface area is 115 Å². The molecule has 0 saturated carbocycles. The van der Waals surface area contributed by atoms with Gasteiger partial charge in [-0.1, -0.05) is 11.6 Å². The van der Waals surface area contributed by atoms with Gasteiger partial charge in [-0.3, -0.25) is 4.90 Å². The average molecular weight is 287 g/mol. The maximum absolute atomic E-state index is 11.9. The molecule has 18 heavy (non-hydrogen) atoms. The SMILES string of the molecule is O=C1OC2(CCNCC2)CN1Cc1ccc(Cl)s1. The molecule has 0 bridgehead atoms. The van der Waals surface area contributed by atoms with E-state index in [9.17, 15) is 4.79 Å². The van der Waals surface area contributed by atoms with Gasteiger partial charge in [0, 0.05) is 17.7 Å². The van der Waals surface area contributed by atoms with Gasteiger partial charge < -0.3 is 10.1 Å². The van der Waals surface area contributed by atoms with Crippen molar-refractivity contribution < 1.29 is 9.53 Å². The highest BCUT2D eigenvalue weighted by Gasteiger charge is 2.45. The fraction of sp³-hybridized carbons (Fsp3) is 0.583. The molecule has 0 atom stereocenters. The largest absolute Gasteiger partial charge is 0.441 e. The monoisotopic (exact) mass is 286 g/mol. The normalized spacial score (nSPS) is 22.5. The molecule has 3 rings (SSSR count). The lowest BCUT2D eigenvalue weighted by Gasteiger charge is -2.31. The number of nitrogens with one attached hydrogen (secondary N) is 1. The van der Waals surface area contributed by atoms with Crippen LogP contribution in [0.1, 0.15) is 17.7 Å². The van der Waals surface area contributed by atoms with Crippen molar-refractivity contribution in [3.05, 3.63) is 21.3 Å². The summed E-state index contributed by atoms with van der Waals surface area (Å²) < 4.78 is 6.36. The topological polar surface area (TPSA) is 41.6 Å².